The van der Waals surface area contributed by atoms with E-state index in [-0.39, 0.29) is 36.9 Å². The second-order valence-electron chi connectivity index (χ2n) is 6.13. The van der Waals surface area contributed by atoms with Gasteiger partial charge in [-0.2, -0.15) is 0 Å². The van der Waals surface area contributed by atoms with Crippen LogP contribution in [0.3, 0.4) is 0 Å². The van der Waals surface area contributed by atoms with Crippen molar-refractivity contribution in [3.8, 4) is 11.4 Å². The standard InChI is InChI=1S/C20H15ClF4N2O2.ClH/c1-26-9-11-6-15(24)19(16(25)7-11)27-5-4-17(18(21)20(27)28)29-10-12-2-3-13(22)8-14(12)23;/h2-8,26H,9-10H2,1H3;1H. The SMILES string of the molecule is CNCc1cc(F)c(-n2ccc(OCc3ccc(F)cc3F)c(Cl)c2=O)c(F)c1.Cl. The van der Waals surface area contributed by atoms with Crippen molar-refractivity contribution in [3.05, 3.63) is 92.4 Å². The summed E-state index contributed by atoms with van der Waals surface area (Å²) in [5.41, 5.74) is -1.08. The van der Waals surface area contributed by atoms with Gasteiger partial charge in [-0.15, -0.1) is 12.4 Å². The number of ether oxygens (including phenoxy) is 1. The lowest BCUT2D eigenvalue weighted by Gasteiger charge is -2.13. The molecule has 0 aliphatic heterocycles. The Labute approximate surface area is 180 Å². The van der Waals surface area contributed by atoms with Gasteiger partial charge in [0.25, 0.3) is 5.56 Å². The van der Waals surface area contributed by atoms with E-state index in [9.17, 15) is 22.4 Å². The molecule has 4 nitrogen and oxygen atoms in total. The Morgan fingerprint density at radius 1 is 1.03 bits per heavy atom. The number of nitrogens with one attached hydrogen (secondary N) is 1. The van der Waals surface area contributed by atoms with Crippen molar-refractivity contribution in [1.29, 1.82) is 0 Å². The lowest BCUT2D eigenvalue weighted by molar-refractivity contribution is 0.298. The lowest BCUT2D eigenvalue weighted by atomic mass is 10.1. The summed E-state index contributed by atoms with van der Waals surface area (Å²) in [6.45, 7) is -0.0762. The van der Waals surface area contributed by atoms with E-state index in [0.717, 1.165) is 29.0 Å². The maximum atomic E-state index is 14.4. The molecule has 0 atom stereocenters. The Bertz CT molecular complexity index is 1100. The number of pyridine rings is 1. The van der Waals surface area contributed by atoms with Crippen LogP contribution in [0.1, 0.15) is 11.1 Å². The third-order valence-electron chi connectivity index (χ3n) is 4.09. The second kappa shape index (κ2) is 9.97. The summed E-state index contributed by atoms with van der Waals surface area (Å²) in [4.78, 5) is 12.5. The van der Waals surface area contributed by atoms with Gasteiger partial charge in [-0.1, -0.05) is 11.6 Å². The Balaban J connectivity index is 0.00000320. The van der Waals surface area contributed by atoms with Crippen LogP contribution in [-0.4, -0.2) is 11.6 Å². The lowest BCUT2D eigenvalue weighted by Crippen LogP contribution is -2.21. The highest BCUT2D eigenvalue weighted by Crippen LogP contribution is 2.25. The molecule has 1 N–H and O–H groups in total. The average molecular weight is 463 g/mol. The molecule has 3 rings (SSSR count). The third kappa shape index (κ3) is 4.95. The number of hydrogen-bond donors (Lipinski definition) is 1. The van der Waals surface area contributed by atoms with Gasteiger partial charge in [0.2, 0.25) is 0 Å². The Hall–Kier alpha value is -2.55. The predicted molar refractivity (Wildman–Crippen MR) is 108 cm³/mol. The molecule has 30 heavy (non-hydrogen) atoms. The quantitative estimate of drug-likeness (QED) is 0.536. The predicted octanol–water partition coefficient (Wildman–Crippen LogP) is 4.77. The van der Waals surface area contributed by atoms with Crippen LogP contribution in [-0.2, 0) is 13.2 Å². The number of halogens is 6. The van der Waals surface area contributed by atoms with Crippen LogP contribution in [0.2, 0.25) is 5.02 Å². The zero-order chi connectivity index (χ0) is 21.1. The summed E-state index contributed by atoms with van der Waals surface area (Å²) in [6, 6.07) is 6.39. The average Bonchev–Trinajstić information content (AvgIpc) is 2.65. The van der Waals surface area contributed by atoms with Crippen molar-refractivity contribution in [3.63, 3.8) is 0 Å². The Morgan fingerprint density at radius 2 is 1.70 bits per heavy atom. The first-order valence-electron chi connectivity index (χ1n) is 8.42. The van der Waals surface area contributed by atoms with E-state index in [1.165, 1.54) is 12.1 Å². The van der Waals surface area contributed by atoms with E-state index in [1.807, 2.05) is 0 Å². The molecule has 0 aliphatic rings. The van der Waals surface area contributed by atoms with Crippen molar-refractivity contribution in [2.45, 2.75) is 13.2 Å². The molecule has 2 aromatic carbocycles. The number of hydrogen-bond acceptors (Lipinski definition) is 3. The molecular weight excluding hydrogens is 447 g/mol. The van der Waals surface area contributed by atoms with E-state index in [4.69, 9.17) is 16.3 Å². The van der Waals surface area contributed by atoms with Crippen LogP contribution < -0.4 is 15.6 Å². The largest absolute Gasteiger partial charge is 0.487 e. The molecule has 160 valence electrons. The van der Waals surface area contributed by atoms with E-state index in [0.29, 0.717) is 11.6 Å². The first-order valence-corrected chi connectivity index (χ1v) is 8.80. The molecule has 0 saturated heterocycles. The van der Waals surface area contributed by atoms with Crippen LogP contribution in [0.15, 0.2) is 47.4 Å². The van der Waals surface area contributed by atoms with Gasteiger partial charge in [0.15, 0.2) is 11.6 Å². The fraction of sp³-hybridized carbons (Fsp3) is 0.150. The minimum absolute atomic E-state index is 0. The zero-order valence-electron chi connectivity index (χ0n) is 15.5. The van der Waals surface area contributed by atoms with E-state index < -0.39 is 39.5 Å². The van der Waals surface area contributed by atoms with E-state index in [1.54, 1.807) is 7.05 Å². The van der Waals surface area contributed by atoms with Crippen LogP contribution in [0, 0.1) is 23.3 Å². The Kier molecular flexibility index (Phi) is 7.89. The van der Waals surface area contributed by atoms with Gasteiger partial charge in [-0.25, -0.2) is 17.6 Å². The van der Waals surface area contributed by atoms with Crippen LogP contribution in [0.5, 0.6) is 5.75 Å². The highest BCUT2D eigenvalue weighted by Gasteiger charge is 2.18. The Morgan fingerprint density at radius 3 is 2.30 bits per heavy atom. The second-order valence-corrected chi connectivity index (χ2v) is 6.51. The van der Waals surface area contributed by atoms with Crippen molar-refractivity contribution >= 4 is 24.0 Å². The summed E-state index contributed by atoms with van der Waals surface area (Å²) in [6.07, 6.45) is 1.10. The fourth-order valence-electron chi connectivity index (χ4n) is 2.73. The van der Waals surface area contributed by atoms with Crippen molar-refractivity contribution in [2.24, 2.45) is 0 Å². The van der Waals surface area contributed by atoms with Crippen molar-refractivity contribution in [1.82, 2.24) is 9.88 Å². The summed E-state index contributed by atoms with van der Waals surface area (Å²) < 4.78 is 61.5. The van der Waals surface area contributed by atoms with Gasteiger partial charge >= 0.3 is 0 Å². The minimum Gasteiger partial charge on any atom is -0.487 e. The summed E-state index contributed by atoms with van der Waals surface area (Å²) in [7, 11) is 1.63. The molecule has 1 heterocycles. The summed E-state index contributed by atoms with van der Waals surface area (Å²) in [5.74, 6) is -3.54. The molecule has 0 amide bonds. The molecule has 10 heteroatoms. The summed E-state index contributed by atoms with van der Waals surface area (Å²) in [5, 5.41) is 2.34. The number of nitrogens with zero attached hydrogens (tertiary/aromatic N) is 1. The van der Waals surface area contributed by atoms with Gasteiger partial charge in [0.1, 0.15) is 34.7 Å². The molecule has 0 bridgehead atoms. The highest BCUT2D eigenvalue weighted by atomic mass is 35.5. The fourth-order valence-corrected chi connectivity index (χ4v) is 2.94. The normalized spacial score (nSPS) is 10.6. The van der Waals surface area contributed by atoms with Crippen LogP contribution in [0.4, 0.5) is 17.6 Å². The van der Waals surface area contributed by atoms with E-state index in [2.05, 4.69) is 5.32 Å². The smallest absolute Gasteiger partial charge is 0.277 e. The van der Waals surface area contributed by atoms with Gasteiger partial charge in [-0.05, 0) is 42.9 Å². The molecule has 0 spiro atoms. The van der Waals surface area contributed by atoms with Gasteiger partial charge in [-0.3, -0.25) is 9.36 Å². The first kappa shape index (κ1) is 23.7. The van der Waals surface area contributed by atoms with Crippen LogP contribution in [0.25, 0.3) is 5.69 Å². The zero-order valence-corrected chi connectivity index (χ0v) is 17.1. The number of benzene rings is 2. The topological polar surface area (TPSA) is 43.3 Å². The maximum absolute atomic E-state index is 14.4. The molecule has 0 fully saturated rings. The van der Waals surface area contributed by atoms with Crippen molar-refractivity contribution in [2.75, 3.05) is 7.05 Å². The number of aromatic nitrogens is 1. The monoisotopic (exact) mass is 462 g/mol. The van der Waals surface area contributed by atoms with Crippen molar-refractivity contribution < 1.29 is 22.3 Å². The molecule has 0 radical (unpaired) electrons. The van der Waals surface area contributed by atoms with Gasteiger partial charge in [0, 0.05) is 24.4 Å². The van der Waals surface area contributed by atoms with Gasteiger partial charge < -0.3 is 10.1 Å². The molecule has 1 aromatic heterocycles. The van der Waals surface area contributed by atoms with Crippen LogP contribution >= 0.6 is 24.0 Å². The first-order chi connectivity index (χ1) is 13.8. The molecule has 3 aromatic rings. The minimum atomic E-state index is -0.935. The molecular formula is C20H16Cl2F4N2O2. The molecule has 0 saturated carbocycles. The third-order valence-corrected chi connectivity index (χ3v) is 4.44. The molecule has 0 aliphatic carbocycles. The highest BCUT2D eigenvalue weighted by molar-refractivity contribution is 6.31. The van der Waals surface area contributed by atoms with E-state index >= 15 is 0 Å². The maximum Gasteiger partial charge on any atom is 0.277 e. The molecule has 0 unspecified atom stereocenters. The summed E-state index contributed by atoms with van der Waals surface area (Å²) >= 11 is 6.00. The number of rotatable bonds is 6. The van der Waals surface area contributed by atoms with Gasteiger partial charge in [0.05, 0.1) is 0 Å².